The van der Waals surface area contributed by atoms with Crippen molar-refractivity contribution >= 4 is 44.3 Å². The summed E-state index contributed by atoms with van der Waals surface area (Å²) in [4.78, 5) is 32.8. The first-order chi connectivity index (χ1) is 11.7. The summed E-state index contributed by atoms with van der Waals surface area (Å²) in [6.45, 7) is -0.225. The lowest BCUT2D eigenvalue weighted by Gasteiger charge is -2.43. The zero-order chi connectivity index (χ0) is 18.8. The molecule has 14 heteroatoms. The maximum Gasteiger partial charge on any atom is 0.362 e. The molecular weight excluding hydrogens is 378 g/mol. The van der Waals surface area contributed by atoms with Crippen molar-refractivity contribution in [1.29, 1.82) is 0 Å². The van der Waals surface area contributed by atoms with E-state index in [1.807, 2.05) is 0 Å². The van der Waals surface area contributed by atoms with E-state index >= 15 is 0 Å². The summed E-state index contributed by atoms with van der Waals surface area (Å²) in [5.41, 5.74) is 5.39. The fourth-order valence-electron chi connectivity index (χ4n) is 2.20. The number of nitrogens with zero attached hydrogens (tertiary/aromatic N) is 3. The molecule has 0 saturated carbocycles. The third-order valence-corrected chi connectivity index (χ3v) is 4.83. The standard InChI is InChI=1S/C11H15N5O7S2/c1-22-3-6-8(10(18)16(6)25(19,20)21)14-9(17)7(15-23-2)5-4-24-11(12)13-5/h4,6,8H,3H2,1-2H3,(H2,12,13)(H,14,17)(H,19,20,21)/b15-7+/t6-,8-/m1/s1. The summed E-state index contributed by atoms with van der Waals surface area (Å²) in [5, 5.41) is 7.54. The van der Waals surface area contributed by atoms with Crippen LogP contribution in [0.1, 0.15) is 5.69 Å². The van der Waals surface area contributed by atoms with Gasteiger partial charge in [0.25, 0.3) is 11.8 Å². The maximum absolute atomic E-state index is 12.4. The average molecular weight is 393 g/mol. The fraction of sp³-hybridized carbons (Fsp3) is 0.455. The normalized spacial score (nSPS) is 21.0. The lowest BCUT2D eigenvalue weighted by molar-refractivity contribution is -0.147. The number of β-lactam (4-membered cyclic amide) rings is 1. The number of aromatic nitrogens is 1. The van der Waals surface area contributed by atoms with Crippen LogP contribution in [0, 0.1) is 0 Å². The third-order valence-electron chi connectivity index (χ3n) is 3.20. The van der Waals surface area contributed by atoms with Crippen molar-refractivity contribution in [2.45, 2.75) is 12.1 Å². The molecule has 1 aromatic heterocycles. The summed E-state index contributed by atoms with van der Waals surface area (Å²) in [7, 11) is -2.27. The number of anilines is 1. The molecule has 138 valence electrons. The number of thiazole rings is 1. The van der Waals surface area contributed by atoms with Crippen LogP contribution in [0.3, 0.4) is 0 Å². The molecule has 1 fully saturated rings. The summed E-state index contributed by atoms with van der Waals surface area (Å²) in [6, 6.07) is -2.33. The molecule has 2 rings (SSSR count). The second-order valence-corrected chi connectivity index (χ2v) is 6.96. The van der Waals surface area contributed by atoms with E-state index in [2.05, 4.69) is 20.3 Å². The van der Waals surface area contributed by atoms with Gasteiger partial charge in [-0.1, -0.05) is 5.16 Å². The number of hydrogen-bond donors (Lipinski definition) is 3. The second kappa shape index (κ2) is 7.30. The topological polar surface area (TPSA) is 174 Å². The number of oxime groups is 1. The van der Waals surface area contributed by atoms with Gasteiger partial charge in [0, 0.05) is 12.5 Å². The molecule has 0 spiro atoms. The minimum atomic E-state index is -4.76. The Morgan fingerprint density at radius 1 is 1.56 bits per heavy atom. The van der Waals surface area contributed by atoms with E-state index in [0.717, 1.165) is 11.3 Å². The van der Waals surface area contributed by atoms with Gasteiger partial charge >= 0.3 is 10.3 Å². The van der Waals surface area contributed by atoms with Crippen LogP contribution in [0.2, 0.25) is 0 Å². The monoisotopic (exact) mass is 393 g/mol. The van der Waals surface area contributed by atoms with E-state index in [1.165, 1.54) is 19.6 Å². The van der Waals surface area contributed by atoms with Crippen molar-refractivity contribution in [2.24, 2.45) is 5.16 Å². The molecular formula is C11H15N5O7S2. The van der Waals surface area contributed by atoms with E-state index in [9.17, 15) is 18.0 Å². The number of amides is 2. The third kappa shape index (κ3) is 3.87. The van der Waals surface area contributed by atoms with Crippen LogP contribution in [0.15, 0.2) is 10.5 Å². The Kier molecular flexibility index (Phi) is 5.56. The van der Waals surface area contributed by atoms with Crippen molar-refractivity contribution in [3.05, 3.63) is 11.1 Å². The van der Waals surface area contributed by atoms with Crippen LogP contribution in [0.5, 0.6) is 0 Å². The molecule has 25 heavy (non-hydrogen) atoms. The van der Waals surface area contributed by atoms with Crippen LogP contribution >= 0.6 is 11.3 Å². The van der Waals surface area contributed by atoms with Gasteiger partial charge in [-0.15, -0.1) is 11.3 Å². The molecule has 0 radical (unpaired) electrons. The van der Waals surface area contributed by atoms with E-state index in [1.54, 1.807) is 0 Å². The smallest absolute Gasteiger partial charge is 0.362 e. The Morgan fingerprint density at radius 3 is 2.72 bits per heavy atom. The first kappa shape index (κ1) is 19.0. The lowest BCUT2D eigenvalue weighted by Crippen LogP contribution is -2.73. The minimum absolute atomic E-state index is 0.128. The van der Waals surface area contributed by atoms with Gasteiger partial charge < -0.3 is 20.6 Å². The molecule has 1 aliphatic rings. The van der Waals surface area contributed by atoms with Crippen LogP contribution in [0.25, 0.3) is 0 Å². The van der Waals surface area contributed by atoms with Crippen LogP contribution < -0.4 is 11.1 Å². The van der Waals surface area contributed by atoms with E-state index < -0.39 is 34.2 Å². The fourth-order valence-corrected chi connectivity index (χ4v) is 3.61. The Labute approximate surface area is 146 Å². The Bertz CT molecular complexity index is 805. The number of nitrogen functional groups attached to an aromatic ring is 1. The van der Waals surface area contributed by atoms with Gasteiger partial charge in [-0.25, -0.2) is 9.29 Å². The number of rotatable bonds is 7. The van der Waals surface area contributed by atoms with Gasteiger partial charge in [0.1, 0.15) is 24.9 Å². The van der Waals surface area contributed by atoms with Gasteiger partial charge in [0.05, 0.1) is 6.61 Å². The van der Waals surface area contributed by atoms with Gasteiger partial charge in [-0.2, -0.15) is 8.42 Å². The number of carbonyl (C=O) groups is 2. The molecule has 1 aromatic rings. The number of ether oxygens (including phenoxy) is 1. The molecule has 0 aliphatic carbocycles. The number of nitrogens with one attached hydrogen (secondary N) is 1. The molecule has 2 amide bonds. The number of carbonyl (C=O) groups excluding carboxylic acids is 2. The second-order valence-electron chi connectivity index (χ2n) is 4.78. The van der Waals surface area contributed by atoms with Gasteiger partial charge in [-0.05, 0) is 0 Å². The van der Waals surface area contributed by atoms with Crippen molar-refractivity contribution in [1.82, 2.24) is 14.6 Å². The highest BCUT2D eigenvalue weighted by atomic mass is 32.2. The Hall–Kier alpha value is -2.29. The highest BCUT2D eigenvalue weighted by Crippen LogP contribution is 2.24. The molecule has 0 unspecified atom stereocenters. The molecule has 4 N–H and O–H groups in total. The first-order valence-electron chi connectivity index (χ1n) is 6.63. The summed E-state index contributed by atoms with van der Waals surface area (Å²) < 4.78 is 36.6. The summed E-state index contributed by atoms with van der Waals surface area (Å²) >= 11 is 1.07. The molecule has 12 nitrogen and oxygen atoms in total. The van der Waals surface area contributed by atoms with Gasteiger partial charge in [0.2, 0.25) is 0 Å². The molecule has 0 aromatic carbocycles. The van der Waals surface area contributed by atoms with Crippen molar-refractivity contribution in [2.75, 3.05) is 26.6 Å². The zero-order valence-electron chi connectivity index (χ0n) is 13.1. The SMILES string of the molecule is COC[C@@H]1[C@@H](NC(=O)/C(=N/OC)c2csc(N)n2)C(=O)N1S(=O)(=O)O. The van der Waals surface area contributed by atoms with Crippen molar-refractivity contribution in [3.63, 3.8) is 0 Å². The number of nitrogens with two attached hydrogens (primary N) is 1. The Morgan fingerprint density at radius 2 is 2.24 bits per heavy atom. The zero-order valence-corrected chi connectivity index (χ0v) is 14.7. The predicted molar refractivity (Wildman–Crippen MR) is 86.1 cm³/mol. The van der Waals surface area contributed by atoms with Gasteiger partial charge in [-0.3, -0.25) is 14.1 Å². The quantitative estimate of drug-likeness (QED) is 0.209. The summed E-state index contributed by atoms with van der Waals surface area (Å²) in [5.74, 6) is -1.84. The maximum atomic E-state index is 12.4. The number of methoxy groups -OCH3 is 1. The molecule has 1 aliphatic heterocycles. The highest BCUT2D eigenvalue weighted by molar-refractivity contribution is 7.84. The lowest BCUT2D eigenvalue weighted by atomic mass is 9.99. The van der Waals surface area contributed by atoms with Crippen LogP contribution in [-0.4, -0.2) is 72.7 Å². The van der Waals surface area contributed by atoms with E-state index in [4.69, 9.17) is 15.0 Å². The van der Waals surface area contributed by atoms with Crippen molar-refractivity contribution < 1.29 is 32.1 Å². The first-order valence-corrected chi connectivity index (χ1v) is 8.91. The minimum Gasteiger partial charge on any atom is -0.398 e. The summed E-state index contributed by atoms with van der Waals surface area (Å²) in [6.07, 6.45) is 0. The Balaban J connectivity index is 2.20. The molecule has 1 saturated heterocycles. The molecule has 2 heterocycles. The average Bonchev–Trinajstić information content (AvgIpc) is 2.94. The predicted octanol–water partition coefficient (Wildman–Crippen LogP) is -1.78. The largest absolute Gasteiger partial charge is 0.398 e. The molecule has 0 bridgehead atoms. The van der Waals surface area contributed by atoms with E-state index in [-0.39, 0.29) is 27.4 Å². The number of hydrogen-bond acceptors (Lipinski definition) is 10. The van der Waals surface area contributed by atoms with Crippen LogP contribution in [0.4, 0.5) is 5.13 Å². The van der Waals surface area contributed by atoms with E-state index in [0.29, 0.717) is 0 Å². The van der Waals surface area contributed by atoms with Gasteiger partial charge in [0.15, 0.2) is 10.8 Å². The molecule has 2 atom stereocenters. The van der Waals surface area contributed by atoms with Crippen LogP contribution in [-0.2, 0) is 29.5 Å². The highest BCUT2D eigenvalue weighted by Gasteiger charge is 2.54. The van der Waals surface area contributed by atoms with Crippen molar-refractivity contribution in [3.8, 4) is 0 Å².